The van der Waals surface area contributed by atoms with Crippen molar-refractivity contribution in [2.24, 2.45) is 0 Å². The Morgan fingerprint density at radius 3 is 2.67 bits per heavy atom. The summed E-state index contributed by atoms with van der Waals surface area (Å²) in [6, 6.07) is 11.9. The summed E-state index contributed by atoms with van der Waals surface area (Å²) < 4.78 is 7.08. The topological polar surface area (TPSA) is 86.1 Å². The van der Waals surface area contributed by atoms with E-state index in [1.54, 1.807) is 24.9 Å². The van der Waals surface area contributed by atoms with E-state index in [1.807, 2.05) is 36.6 Å². The summed E-state index contributed by atoms with van der Waals surface area (Å²) in [5, 5.41) is 11.8. The number of hydrogen-bond acceptors (Lipinski definition) is 7. The monoisotopic (exact) mass is 444 g/mol. The first kappa shape index (κ1) is 22.2. The van der Waals surface area contributed by atoms with Crippen LogP contribution in [-0.4, -0.2) is 40.2 Å². The highest BCUT2D eigenvalue weighted by molar-refractivity contribution is 7.97. The standard InChI is InChI=1S/C21H24N4O3S2/c1-14-11-17(15(2)25(14)9-10-28-3)19(26)20(27)22-21-24-23-18(30-21)13-29-12-16-7-5-4-6-8-16/h4-8,11H,9-10,12-13H2,1-3H3,(H,22,24,27). The minimum atomic E-state index is -0.707. The summed E-state index contributed by atoms with van der Waals surface area (Å²) in [6.45, 7) is 4.90. The average molecular weight is 445 g/mol. The molecule has 0 atom stereocenters. The summed E-state index contributed by atoms with van der Waals surface area (Å²) in [6.07, 6.45) is 0. The first-order valence-electron chi connectivity index (χ1n) is 9.45. The van der Waals surface area contributed by atoms with Crippen LogP contribution >= 0.6 is 23.1 Å². The molecular formula is C21H24N4O3S2. The number of benzene rings is 1. The van der Waals surface area contributed by atoms with Crippen LogP contribution in [-0.2, 0) is 27.6 Å². The molecule has 30 heavy (non-hydrogen) atoms. The van der Waals surface area contributed by atoms with Crippen LogP contribution in [0.4, 0.5) is 5.13 Å². The van der Waals surface area contributed by atoms with Crippen LogP contribution in [0.3, 0.4) is 0 Å². The van der Waals surface area contributed by atoms with E-state index in [9.17, 15) is 9.59 Å². The normalized spacial score (nSPS) is 10.9. The fourth-order valence-corrected chi connectivity index (χ4v) is 4.81. The molecule has 1 amide bonds. The molecule has 0 aliphatic heterocycles. The average Bonchev–Trinajstić information content (AvgIpc) is 3.30. The van der Waals surface area contributed by atoms with Crippen LogP contribution in [0.1, 0.15) is 32.3 Å². The molecule has 0 unspecified atom stereocenters. The second-order valence-electron chi connectivity index (χ2n) is 6.69. The number of nitrogens with zero attached hydrogens (tertiary/aromatic N) is 3. The van der Waals surface area contributed by atoms with Gasteiger partial charge >= 0.3 is 0 Å². The quantitative estimate of drug-likeness (QED) is 0.378. The third kappa shape index (κ3) is 5.56. The largest absolute Gasteiger partial charge is 0.383 e. The number of amides is 1. The van der Waals surface area contributed by atoms with E-state index in [2.05, 4.69) is 27.6 Å². The van der Waals surface area contributed by atoms with Crippen LogP contribution in [0.15, 0.2) is 36.4 Å². The number of carbonyl (C=O) groups excluding carboxylic acids is 2. The number of ketones is 1. The molecule has 0 aliphatic rings. The van der Waals surface area contributed by atoms with Gasteiger partial charge in [-0.3, -0.25) is 14.9 Å². The fourth-order valence-electron chi connectivity index (χ4n) is 3.03. The number of rotatable bonds is 10. The number of methoxy groups -OCH3 is 1. The molecule has 0 radical (unpaired) electrons. The Morgan fingerprint density at radius 1 is 1.17 bits per heavy atom. The maximum atomic E-state index is 12.6. The van der Waals surface area contributed by atoms with Crippen molar-refractivity contribution in [3.8, 4) is 0 Å². The third-order valence-electron chi connectivity index (χ3n) is 4.57. The molecule has 2 heterocycles. The second-order valence-corrected chi connectivity index (χ2v) is 8.74. The minimum absolute atomic E-state index is 0.330. The molecule has 3 aromatic rings. The molecule has 0 fully saturated rings. The Hall–Kier alpha value is -2.49. The lowest BCUT2D eigenvalue weighted by atomic mass is 10.1. The van der Waals surface area contributed by atoms with Crippen molar-refractivity contribution in [1.29, 1.82) is 0 Å². The summed E-state index contributed by atoms with van der Waals surface area (Å²) in [5.74, 6) is 0.277. The highest BCUT2D eigenvalue weighted by Gasteiger charge is 2.23. The maximum absolute atomic E-state index is 12.6. The number of carbonyl (C=O) groups is 2. The highest BCUT2D eigenvalue weighted by Crippen LogP contribution is 2.23. The van der Waals surface area contributed by atoms with Gasteiger partial charge in [0.1, 0.15) is 5.01 Å². The Bertz CT molecular complexity index is 1010. The molecule has 1 N–H and O–H groups in total. The minimum Gasteiger partial charge on any atom is -0.383 e. The lowest BCUT2D eigenvalue weighted by molar-refractivity contribution is -0.112. The lowest BCUT2D eigenvalue weighted by Crippen LogP contribution is -2.23. The third-order valence-corrected chi connectivity index (χ3v) is 6.60. The smallest absolute Gasteiger partial charge is 0.298 e. The van der Waals surface area contributed by atoms with Crippen molar-refractivity contribution in [1.82, 2.24) is 14.8 Å². The second kappa shape index (κ2) is 10.5. The van der Waals surface area contributed by atoms with Gasteiger partial charge in [0.05, 0.1) is 6.61 Å². The number of aromatic nitrogens is 3. The number of nitrogens with one attached hydrogen (secondary N) is 1. The van der Waals surface area contributed by atoms with E-state index in [0.29, 0.717) is 29.6 Å². The summed E-state index contributed by atoms with van der Waals surface area (Å²) >= 11 is 3.01. The molecular weight excluding hydrogens is 420 g/mol. The van der Waals surface area contributed by atoms with Crippen LogP contribution in [0.25, 0.3) is 0 Å². The summed E-state index contributed by atoms with van der Waals surface area (Å²) in [4.78, 5) is 25.1. The van der Waals surface area contributed by atoms with E-state index >= 15 is 0 Å². The van der Waals surface area contributed by atoms with E-state index in [1.165, 1.54) is 16.9 Å². The van der Waals surface area contributed by atoms with Crippen molar-refractivity contribution in [2.75, 3.05) is 19.0 Å². The van der Waals surface area contributed by atoms with Gasteiger partial charge in [-0.15, -0.1) is 22.0 Å². The van der Waals surface area contributed by atoms with Gasteiger partial charge in [-0.1, -0.05) is 41.7 Å². The Morgan fingerprint density at radius 2 is 1.93 bits per heavy atom. The first-order chi connectivity index (χ1) is 14.5. The number of hydrogen-bond donors (Lipinski definition) is 1. The van der Waals surface area contributed by atoms with Crippen LogP contribution in [0, 0.1) is 13.8 Å². The van der Waals surface area contributed by atoms with E-state index < -0.39 is 11.7 Å². The summed E-state index contributed by atoms with van der Waals surface area (Å²) in [5.41, 5.74) is 3.30. The van der Waals surface area contributed by atoms with Crippen molar-refractivity contribution in [3.05, 3.63) is 63.9 Å². The van der Waals surface area contributed by atoms with Crippen molar-refractivity contribution < 1.29 is 14.3 Å². The molecule has 7 nitrogen and oxygen atoms in total. The number of aryl methyl sites for hydroxylation is 1. The Balaban J connectivity index is 1.56. The molecule has 3 rings (SSSR count). The Labute approximate surface area is 183 Å². The number of thioether (sulfide) groups is 1. The zero-order valence-electron chi connectivity index (χ0n) is 17.2. The maximum Gasteiger partial charge on any atom is 0.298 e. The predicted molar refractivity (Wildman–Crippen MR) is 120 cm³/mol. The molecule has 0 bridgehead atoms. The SMILES string of the molecule is COCCn1c(C)cc(C(=O)C(=O)Nc2nnc(CSCc3ccccc3)s2)c1C. The molecule has 0 saturated heterocycles. The van der Waals surface area contributed by atoms with Crippen molar-refractivity contribution in [2.45, 2.75) is 31.9 Å². The fraction of sp³-hybridized carbons (Fsp3) is 0.333. The lowest BCUT2D eigenvalue weighted by Gasteiger charge is -2.08. The number of Topliss-reactive ketones (excluding diaryl/α,β-unsaturated/α-hetero) is 1. The highest BCUT2D eigenvalue weighted by atomic mass is 32.2. The zero-order valence-corrected chi connectivity index (χ0v) is 18.8. The van der Waals surface area contributed by atoms with E-state index in [0.717, 1.165) is 22.1 Å². The van der Waals surface area contributed by atoms with Crippen molar-refractivity contribution in [3.63, 3.8) is 0 Å². The van der Waals surface area contributed by atoms with Gasteiger partial charge in [0.25, 0.3) is 11.7 Å². The molecule has 0 spiro atoms. The van der Waals surface area contributed by atoms with Gasteiger partial charge in [-0.05, 0) is 25.5 Å². The van der Waals surface area contributed by atoms with Gasteiger partial charge in [0.15, 0.2) is 0 Å². The molecule has 0 saturated carbocycles. The molecule has 2 aromatic heterocycles. The van der Waals surface area contributed by atoms with Gasteiger partial charge in [-0.2, -0.15) is 0 Å². The Kier molecular flexibility index (Phi) is 7.78. The van der Waals surface area contributed by atoms with E-state index in [4.69, 9.17) is 4.74 Å². The number of anilines is 1. The predicted octanol–water partition coefficient (Wildman–Crippen LogP) is 3.86. The van der Waals surface area contributed by atoms with Gasteiger partial charge in [0, 0.05) is 42.1 Å². The van der Waals surface area contributed by atoms with Crippen molar-refractivity contribution >= 4 is 39.9 Å². The first-order valence-corrected chi connectivity index (χ1v) is 11.4. The van der Waals surface area contributed by atoms with Crippen LogP contribution < -0.4 is 5.32 Å². The zero-order chi connectivity index (χ0) is 21.5. The van der Waals surface area contributed by atoms with Crippen LogP contribution in [0.5, 0.6) is 0 Å². The van der Waals surface area contributed by atoms with Crippen LogP contribution in [0.2, 0.25) is 0 Å². The molecule has 158 valence electrons. The van der Waals surface area contributed by atoms with Gasteiger partial charge < -0.3 is 9.30 Å². The molecule has 0 aliphatic carbocycles. The summed E-state index contributed by atoms with van der Waals surface area (Å²) in [7, 11) is 1.63. The molecule has 1 aromatic carbocycles. The van der Waals surface area contributed by atoms with E-state index in [-0.39, 0.29) is 0 Å². The van der Waals surface area contributed by atoms with Gasteiger partial charge in [0.2, 0.25) is 5.13 Å². The number of ether oxygens (including phenoxy) is 1. The van der Waals surface area contributed by atoms with Gasteiger partial charge in [-0.25, -0.2) is 0 Å². The molecule has 9 heteroatoms.